The third kappa shape index (κ3) is 2.36. The average Bonchev–Trinajstić information content (AvgIpc) is 3.26. The number of thiophene rings is 1. The van der Waals surface area contributed by atoms with Gasteiger partial charge < -0.3 is 0 Å². The molecule has 106 valence electrons. The van der Waals surface area contributed by atoms with E-state index in [-0.39, 0.29) is 0 Å². The van der Waals surface area contributed by atoms with Crippen LogP contribution in [0.5, 0.6) is 0 Å². The van der Waals surface area contributed by atoms with Crippen molar-refractivity contribution in [1.82, 2.24) is 9.78 Å². The predicted octanol–water partition coefficient (Wildman–Crippen LogP) is 5.27. The highest BCUT2D eigenvalue weighted by Crippen LogP contribution is 2.34. The van der Waals surface area contributed by atoms with Gasteiger partial charge in [0.05, 0.1) is 5.69 Å². The molecule has 0 bridgehead atoms. The predicted molar refractivity (Wildman–Crippen MR) is 92.3 cm³/mol. The maximum absolute atomic E-state index is 4.83. The summed E-state index contributed by atoms with van der Waals surface area (Å²) >= 11 is 1.74. The summed E-state index contributed by atoms with van der Waals surface area (Å²) in [5.41, 5.74) is 4.40. The van der Waals surface area contributed by atoms with Crippen LogP contribution in [0.2, 0.25) is 0 Å². The van der Waals surface area contributed by atoms with Crippen molar-refractivity contribution in [3.63, 3.8) is 0 Å². The van der Waals surface area contributed by atoms with Gasteiger partial charge >= 0.3 is 0 Å². The Labute approximate surface area is 133 Å². The normalized spacial score (nSPS) is 10.7. The van der Waals surface area contributed by atoms with Crippen molar-refractivity contribution < 1.29 is 0 Å². The highest BCUT2D eigenvalue weighted by Gasteiger charge is 2.14. The zero-order chi connectivity index (χ0) is 14.8. The molecule has 0 fully saturated rings. The van der Waals surface area contributed by atoms with Crippen molar-refractivity contribution in [2.45, 2.75) is 0 Å². The number of benzene rings is 2. The standard InChI is InChI=1S/C19H14N2S/c1-3-8-15(9-4-1)19-17(18-12-7-13-22-18)14-21(20-19)16-10-5-2-6-11-16/h1-14H. The summed E-state index contributed by atoms with van der Waals surface area (Å²) < 4.78 is 1.96. The van der Waals surface area contributed by atoms with Crippen LogP contribution in [-0.4, -0.2) is 9.78 Å². The third-order valence-corrected chi connectivity index (χ3v) is 4.47. The largest absolute Gasteiger partial charge is 0.240 e. The molecule has 4 aromatic rings. The van der Waals surface area contributed by atoms with E-state index < -0.39 is 0 Å². The highest BCUT2D eigenvalue weighted by molar-refractivity contribution is 7.13. The lowest BCUT2D eigenvalue weighted by atomic mass is 10.1. The molecule has 0 aliphatic rings. The SMILES string of the molecule is c1ccc(-c2nn(-c3ccccc3)cc2-c2cccs2)cc1. The zero-order valence-electron chi connectivity index (χ0n) is 11.9. The minimum atomic E-state index is 1.02. The first-order chi connectivity index (χ1) is 10.9. The van der Waals surface area contributed by atoms with Gasteiger partial charge in [-0.25, -0.2) is 4.68 Å². The van der Waals surface area contributed by atoms with Crippen molar-refractivity contribution in [3.05, 3.63) is 84.4 Å². The number of hydrogen-bond donors (Lipinski definition) is 0. The lowest BCUT2D eigenvalue weighted by Gasteiger charge is -2.00. The van der Waals surface area contributed by atoms with E-state index in [0.29, 0.717) is 0 Å². The van der Waals surface area contributed by atoms with Gasteiger partial charge in [-0.3, -0.25) is 0 Å². The van der Waals surface area contributed by atoms with Crippen LogP contribution in [0.15, 0.2) is 84.4 Å². The van der Waals surface area contributed by atoms with Gasteiger partial charge in [0.1, 0.15) is 5.69 Å². The molecule has 3 heteroatoms. The molecule has 4 rings (SSSR count). The fraction of sp³-hybridized carbons (Fsp3) is 0. The maximum atomic E-state index is 4.83. The van der Waals surface area contributed by atoms with E-state index >= 15 is 0 Å². The van der Waals surface area contributed by atoms with E-state index in [4.69, 9.17) is 5.10 Å². The molecular formula is C19H14N2S. The van der Waals surface area contributed by atoms with Crippen LogP contribution in [-0.2, 0) is 0 Å². The zero-order valence-corrected chi connectivity index (χ0v) is 12.7. The molecule has 2 aromatic carbocycles. The average molecular weight is 302 g/mol. The summed E-state index contributed by atoms with van der Waals surface area (Å²) in [6.45, 7) is 0. The molecule has 2 aromatic heterocycles. The van der Waals surface area contributed by atoms with Crippen LogP contribution >= 0.6 is 11.3 Å². The Hall–Kier alpha value is -2.65. The Morgan fingerprint density at radius 2 is 1.50 bits per heavy atom. The van der Waals surface area contributed by atoms with Crippen molar-refractivity contribution in [2.75, 3.05) is 0 Å². The number of rotatable bonds is 3. The Morgan fingerprint density at radius 3 is 2.18 bits per heavy atom. The second kappa shape index (κ2) is 5.62. The summed E-state index contributed by atoms with van der Waals surface area (Å²) in [4.78, 5) is 1.24. The highest BCUT2D eigenvalue weighted by atomic mass is 32.1. The second-order valence-corrected chi connectivity index (χ2v) is 5.96. The van der Waals surface area contributed by atoms with Crippen molar-refractivity contribution in [2.24, 2.45) is 0 Å². The molecule has 0 spiro atoms. The van der Waals surface area contributed by atoms with Gasteiger partial charge in [0, 0.05) is 22.2 Å². The first-order valence-corrected chi connectivity index (χ1v) is 8.04. The summed E-state index contributed by atoms with van der Waals surface area (Å²) in [5, 5.41) is 6.93. The van der Waals surface area contributed by atoms with E-state index in [1.165, 1.54) is 10.4 Å². The van der Waals surface area contributed by atoms with Crippen LogP contribution in [0.4, 0.5) is 0 Å². The quantitative estimate of drug-likeness (QED) is 0.504. The monoisotopic (exact) mass is 302 g/mol. The van der Waals surface area contributed by atoms with Gasteiger partial charge in [0.25, 0.3) is 0 Å². The fourth-order valence-electron chi connectivity index (χ4n) is 2.51. The lowest BCUT2D eigenvalue weighted by molar-refractivity contribution is 0.884. The van der Waals surface area contributed by atoms with E-state index in [9.17, 15) is 0 Å². The molecule has 22 heavy (non-hydrogen) atoms. The van der Waals surface area contributed by atoms with Crippen LogP contribution in [0.1, 0.15) is 0 Å². The Bertz CT molecular complexity index is 862. The van der Waals surface area contributed by atoms with Gasteiger partial charge in [-0.15, -0.1) is 11.3 Å². The third-order valence-electron chi connectivity index (χ3n) is 3.57. The van der Waals surface area contributed by atoms with E-state index in [2.05, 4.69) is 60.1 Å². The summed E-state index contributed by atoms with van der Waals surface area (Å²) in [6, 6.07) is 24.8. The Morgan fingerprint density at radius 1 is 0.773 bits per heavy atom. The molecule has 0 saturated heterocycles. The second-order valence-electron chi connectivity index (χ2n) is 5.01. The number of aromatic nitrogens is 2. The summed E-state index contributed by atoms with van der Waals surface area (Å²) in [7, 11) is 0. The molecule has 0 aliphatic carbocycles. The van der Waals surface area contributed by atoms with Crippen molar-refractivity contribution >= 4 is 11.3 Å². The van der Waals surface area contributed by atoms with Crippen LogP contribution in [0, 0.1) is 0 Å². The molecule has 0 aliphatic heterocycles. The minimum Gasteiger partial charge on any atom is -0.240 e. The number of para-hydroxylation sites is 1. The molecule has 0 unspecified atom stereocenters. The van der Waals surface area contributed by atoms with Crippen LogP contribution in [0.3, 0.4) is 0 Å². The van der Waals surface area contributed by atoms with Gasteiger partial charge in [0.15, 0.2) is 0 Å². The minimum absolute atomic E-state index is 1.02. The first-order valence-electron chi connectivity index (χ1n) is 7.16. The van der Waals surface area contributed by atoms with Crippen LogP contribution < -0.4 is 0 Å². The number of hydrogen-bond acceptors (Lipinski definition) is 2. The molecule has 0 radical (unpaired) electrons. The molecule has 0 saturated carbocycles. The fourth-order valence-corrected chi connectivity index (χ4v) is 3.25. The Kier molecular flexibility index (Phi) is 3.33. The van der Waals surface area contributed by atoms with Crippen molar-refractivity contribution in [1.29, 1.82) is 0 Å². The van der Waals surface area contributed by atoms with E-state index in [1.54, 1.807) is 11.3 Å². The van der Waals surface area contributed by atoms with Gasteiger partial charge in [-0.05, 0) is 23.6 Å². The van der Waals surface area contributed by atoms with Gasteiger partial charge in [-0.2, -0.15) is 5.10 Å². The first kappa shape index (κ1) is 13.0. The van der Waals surface area contributed by atoms with E-state index in [1.807, 2.05) is 28.9 Å². The van der Waals surface area contributed by atoms with Crippen LogP contribution in [0.25, 0.3) is 27.4 Å². The molecule has 0 N–H and O–H groups in total. The summed E-state index contributed by atoms with van der Waals surface area (Å²) in [6.07, 6.45) is 2.11. The van der Waals surface area contributed by atoms with Gasteiger partial charge in [-0.1, -0.05) is 54.6 Å². The van der Waals surface area contributed by atoms with E-state index in [0.717, 1.165) is 16.9 Å². The maximum Gasteiger partial charge on any atom is 0.101 e. The Balaban J connectivity index is 1.91. The molecule has 0 amide bonds. The number of nitrogens with zero attached hydrogens (tertiary/aromatic N) is 2. The molecular weight excluding hydrogens is 288 g/mol. The lowest BCUT2D eigenvalue weighted by Crippen LogP contribution is -1.93. The topological polar surface area (TPSA) is 17.8 Å². The van der Waals surface area contributed by atoms with Crippen molar-refractivity contribution in [3.8, 4) is 27.4 Å². The molecule has 2 nitrogen and oxygen atoms in total. The van der Waals surface area contributed by atoms with Gasteiger partial charge in [0.2, 0.25) is 0 Å². The summed E-state index contributed by atoms with van der Waals surface area (Å²) in [5.74, 6) is 0. The molecule has 0 atom stereocenters. The smallest absolute Gasteiger partial charge is 0.101 e. The molecule has 2 heterocycles.